The number of hydrogen-bond acceptors (Lipinski definition) is 4. The monoisotopic (exact) mass is 245 g/mol. The van der Waals surface area contributed by atoms with Gasteiger partial charge in [0.25, 0.3) is 0 Å². The predicted molar refractivity (Wildman–Crippen MR) is 65.6 cm³/mol. The van der Waals surface area contributed by atoms with E-state index in [4.69, 9.17) is 4.74 Å². The van der Waals surface area contributed by atoms with Crippen LogP contribution in [0.5, 0.6) is 11.5 Å². The Labute approximate surface area is 106 Å². The van der Waals surface area contributed by atoms with Gasteiger partial charge in [-0.15, -0.1) is 0 Å². The van der Waals surface area contributed by atoms with Crippen molar-refractivity contribution in [3.8, 4) is 17.6 Å². The van der Waals surface area contributed by atoms with Gasteiger partial charge in [-0.1, -0.05) is 0 Å². The maximum atomic E-state index is 10.3. The average molecular weight is 245 g/mol. The molecule has 18 heavy (non-hydrogen) atoms. The van der Waals surface area contributed by atoms with Gasteiger partial charge in [-0.2, -0.15) is 5.26 Å². The number of nitrogens with zero attached hydrogens (tertiary/aromatic N) is 1. The molecule has 0 amide bonds. The third kappa shape index (κ3) is 1.82. The van der Waals surface area contributed by atoms with Crippen LogP contribution < -0.4 is 4.74 Å². The zero-order chi connectivity index (χ0) is 13.2. The van der Waals surface area contributed by atoms with Crippen LogP contribution in [-0.2, 0) is 16.6 Å². The molecule has 0 aliphatic heterocycles. The number of methoxy groups -OCH3 is 1. The first-order valence-corrected chi connectivity index (χ1v) is 5.92. The minimum Gasteiger partial charge on any atom is -0.504 e. The van der Waals surface area contributed by atoms with Crippen LogP contribution in [0.25, 0.3) is 0 Å². The summed E-state index contributed by atoms with van der Waals surface area (Å²) in [5.74, 6) is 0.499. The molecule has 1 aliphatic rings. The molecule has 1 aromatic rings. The predicted octanol–water partition coefficient (Wildman–Crippen LogP) is 2.09. The fourth-order valence-electron chi connectivity index (χ4n) is 2.55. The number of hydrogen-bond donors (Lipinski definition) is 1. The van der Waals surface area contributed by atoms with Crippen molar-refractivity contribution in [2.24, 2.45) is 0 Å². The van der Waals surface area contributed by atoms with Gasteiger partial charge in [0.15, 0.2) is 11.5 Å². The fraction of sp³-hybridized carbons (Fsp3) is 0.429. The van der Waals surface area contributed by atoms with E-state index in [1.807, 2.05) is 0 Å². The molecule has 1 unspecified atom stereocenters. The molecule has 1 atom stereocenters. The van der Waals surface area contributed by atoms with Crippen molar-refractivity contribution in [1.82, 2.24) is 0 Å². The Kier molecular flexibility index (Phi) is 3.24. The van der Waals surface area contributed by atoms with Crippen LogP contribution >= 0.6 is 0 Å². The van der Waals surface area contributed by atoms with E-state index in [0.717, 1.165) is 17.4 Å². The van der Waals surface area contributed by atoms with Crippen molar-refractivity contribution in [2.45, 2.75) is 31.1 Å². The van der Waals surface area contributed by atoms with E-state index in [2.05, 4.69) is 6.07 Å². The molecule has 0 heterocycles. The Balaban J connectivity index is 2.28. The lowest BCUT2D eigenvalue weighted by Gasteiger charge is -2.38. The van der Waals surface area contributed by atoms with Crippen LogP contribution in [0.3, 0.4) is 0 Å². The van der Waals surface area contributed by atoms with Crippen LogP contribution in [0.15, 0.2) is 12.1 Å². The topological polar surface area (TPSA) is 70.3 Å². The third-order valence-electron chi connectivity index (χ3n) is 3.55. The number of aromatic hydroxyl groups is 1. The van der Waals surface area contributed by atoms with Crippen molar-refractivity contribution in [3.05, 3.63) is 23.3 Å². The highest BCUT2D eigenvalue weighted by Crippen LogP contribution is 2.48. The number of phenolic OH excluding ortho intramolecular Hbond substituents is 1. The van der Waals surface area contributed by atoms with Gasteiger partial charge in [-0.25, -0.2) is 0 Å². The number of carbonyl (C=O) groups excluding carboxylic acids is 1. The molecule has 0 fully saturated rings. The van der Waals surface area contributed by atoms with E-state index in [1.54, 1.807) is 12.1 Å². The van der Waals surface area contributed by atoms with Crippen molar-refractivity contribution < 1.29 is 14.6 Å². The standard InChI is InChI=1S/C14H15NO3/c1-18-13-7-11-10(6-12(13)17)8-14(11,9-15)4-2-3-5-16/h5-7,17H,2-4,8H2,1H3. The van der Waals surface area contributed by atoms with Gasteiger partial charge in [0, 0.05) is 6.42 Å². The first kappa shape index (κ1) is 12.4. The second-order valence-electron chi connectivity index (χ2n) is 4.61. The van der Waals surface area contributed by atoms with Gasteiger partial charge in [-0.05, 0) is 42.5 Å². The van der Waals surface area contributed by atoms with Gasteiger partial charge in [0.1, 0.15) is 6.29 Å². The van der Waals surface area contributed by atoms with Crippen LogP contribution in [-0.4, -0.2) is 18.5 Å². The number of ether oxygens (including phenoxy) is 1. The second kappa shape index (κ2) is 4.69. The molecular weight excluding hydrogens is 230 g/mol. The fourth-order valence-corrected chi connectivity index (χ4v) is 2.55. The van der Waals surface area contributed by atoms with Crippen LogP contribution in [0.4, 0.5) is 0 Å². The molecule has 4 nitrogen and oxygen atoms in total. The molecule has 1 N–H and O–H groups in total. The van der Waals surface area contributed by atoms with E-state index in [9.17, 15) is 15.2 Å². The zero-order valence-electron chi connectivity index (χ0n) is 10.3. The summed E-state index contributed by atoms with van der Waals surface area (Å²) in [5.41, 5.74) is 1.39. The molecule has 0 bridgehead atoms. The number of aldehydes is 1. The number of fused-ring (bicyclic) bond motifs is 1. The van der Waals surface area contributed by atoms with Crippen LogP contribution in [0.1, 0.15) is 30.4 Å². The lowest BCUT2D eigenvalue weighted by atomic mass is 9.62. The Morgan fingerprint density at radius 2 is 2.39 bits per heavy atom. The summed E-state index contributed by atoms with van der Waals surface area (Å²) in [5, 5.41) is 19.0. The maximum absolute atomic E-state index is 10.3. The second-order valence-corrected chi connectivity index (χ2v) is 4.61. The average Bonchev–Trinajstić information content (AvgIpc) is 2.36. The molecule has 0 saturated carbocycles. The molecule has 2 rings (SSSR count). The molecular formula is C14H15NO3. The summed E-state index contributed by atoms with van der Waals surface area (Å²) in [6, 6.07) is 5.74. The third-order valence-corrected chi connectivity index (χ3v) is 3.55. The first-order chi connectivity index (χ1) is 8.66. The summed E-state index contributed by atoms with van der Waals surface area (Å²) in [6.07, 6.45) is 3.37. The van der Waals surface area contributed by atoms with E-state index in [1.165, 1.54) is 7.11 Å². The van der Waals surface area contributed by atoms with Gasteiger partial charge >= 0.3 is 0 Å². The summed E-state index contributed by atoms with van der Waals surface area (Å²) < 4.78 is 5.06. The molecule has 0 aromatic heterocycles. The Morgan fingerprint density at radius 1 is 1.61 bits per heavy atom. The van der Waals surface area contributed by atoms with E-state index in [-0.39, 0.29) is 5.75 Å². The Morgan fingerprint density at radius 3 is 3.00 bits per heavy atom. The van der Waals surface area contributed by atoms with E-state index >= 15 is 0 Å². The zero-order valence-corrected chi connectivity index (χ0v) is 10.3. The van der Waals surface area contributed by atoms with Crippen molar-refractivity contribution in [2.75, 3.05) is 7.11 Å². The lowest BCUT2D eigenvalue weighted by molar-refractivity contribution is -0.108. The molecule has 4 heteroatoms. The largest absolute Gasteiger partial charge is 0.504 e. The summed E-state index contributed by atoms with van der Waals surface area (Å²) in [7, 11) is 1.49. The SMILES string of the molecule is COc1cc2c(cc1O)CC2(C#N)CCCC=O. The number of rotatable bonds is 5. The lowest BCUT2D eigenvalue weighted by Crippen LogP contribution is -2.37. The van der Waals surface area contributed by atoms with Gasteiger partial charge < -0.3 is 14.6 Å². The number of benzene rings is 1. The number of nitriles is 1. The quantitative estimate of drug-likeness (QED) is 0.637. The number of carbonyl (C=O) groups is 1. The van der Waals surface area contributed by atoms with Crippen LogP contribution in [0.2, 0.25) is 0 Å². The van der Waals surface area contributed by atoms with E-state index in [0.29, 0.717) is 31.4 Å². The minimum atomic E-state index is -0.515. The van der Waals surface area contributed by atoms with Gasteiger partial charge in [0.2, 0.25) is 0 Å². The first-order valence-electron chi connectivity index (χ1n) is 5.92. The van der Waals surface area contributed by atoms with Crippen molar-refractivity contribution >= 4 is 6.29 Å². The maximum Gasteiger partial charge on any atom is 0.160 e. The van der Waals surface area contributed by atoms with E-state index < -0.39 is 5.41 Å². The normalized spacial score (nSPS) is 20.4. The molecule has 0 spiro atoms. The molecule has 1 aliphatic carbocycles. The molecule has 1 aromatic carbocycles. The number of unbranched alkanes of at least 4 members (excludes halogenated alkanes) is 1. The molecule has 0 saturated heterocycles. The summed E-state index contributed by atoms with van der Waals surface area (Å²) >= 11 is 0. The van der Waals surface area contributed by atoms with Crippen LogP contribution in [0, 0.1) is 11.3 Å². The summed E-state index contributed by atoms with van der Waals surface area (Å²) in [4.78, 5) is 10.3. The number of phenols is 1. The minimum absolute atomic E-state index is 0.107. The molecule has 0 radical (unpaired) electrons. The summed E-state index contributed by atoms with van der Waals surface area (Å²) in [6.45, 7) is 0. The van der Waals surface area contributed by atoms with Gasteiger partial charge in [-0.3, -0.25) is 0 Å². The highest BCUT2D eigenvalue weighted by Gasteiger charge is 2.43. The Bertz CT molecular complexity index is 519. The molecule has 94 valence electrons. The smallest absolute Gasteiger partial charge is 0.160 e. The Hall–Kier alpha value is -2.02. The highest BCUT2D eigenvalue weighted by atomic mass is 16.5. The highest BCUT2D eigenvalue weighted by molar-refractivity contribution is 5.58. The van der Waals surface area contributed by atoms with Crippen molar-refractivity contribution in [3.63, 3.8) is 0 Å². The van der Waals surface area contributed by atoms with Crippen molar-refractivity contribution in [1.29, 1.82) is 5.26 Å². The van der Waals surface area contributed by atoms with Gasteiger partial charge in [0.05, 0.1) is 18.6 Å².